The molecule has 0 bridgehead atoms. The van der Waals surface area contributed by atoms with Crippen molar-refractivity contribution in [3.63, 3.8) is 0 Å². The Kier molecular flexibility index (Phi) is 11.8. The summed E-state index contributed by atoms with van der Waals surface area (Å²) in [5.74, 6) is -0.382. The third kappa shape index (κ3) is 8.04. The maximum atomic E-state index is 14.9. The van der Waals surface area contributed by atoms with Crippen LogP contribution in [-0.2, 0) is 39.7 Å². The molecule has 0 spiro atoms. The molecular weight excluding hydrogens is 863 g/mol. The van der Waals surface area contributed by atoms with Crippen LogP contribution in [0.2, 0.25) is 0 Å². The van der Waals surface area contributed by atoms with Gasteiger partial charge in [0.15, 0.2) is 29.3 Å². The summed E-state index contributed by atoms with van der Waals surface area (Å²) in [5, 5.41) is 0. The molecule has 1 aliphatic heterocycles. The first-order chi connectivity index (χ1) is 31.4. The maximum Gasteiger partial charge on any atom is 0.523 e. The van der Waals surface area contributed by atoms with Crippen LogP contribution in [0.5, 0.6) is 0 Å². The summed E-state index contributed by atoms with van der Waals surface area (Å²) < 4.78 is 113. The van der Waals surface area contributed by atoms with Crippen LogP contribution < -0.4 is 5.73 Å². The minimum atomic E-state index is -6.42. The van der Waals surface area contributed by atoms with Crippen molar-refractivity contribution in [1.29, 1.82) is 0 Å². The third-order valence-corrected chi connectivity index (χ3v) is 12.4. The van der Waals surface area contributed by atoms with Crippen molar-refractivity contribution in [3.8, 4) is 0 Å². The minimum Gasteiger partial charge on any atom is -0.382 e. The van der Waals surface area contributed by atoms with E-state index in [0.717, 1.165) is 10.9 Å². The van der Waals surface area contributed by atoms with E-state index in [4.69, 9.17) is 24.1 Å². The molecule has 0 radical (unpaired) electrons. The lowest BCUT2D eigenvalue weighted by Crippen LogP contribution is -2.48. The molecule has 330 valence electrons. The second-order valence-corrected chi connectivity index (χ2v) is 16.7. The number of anilines is 1. The van der Waals surface area contributed by atoms with Gasteiger partial charge in [0, 0.05) is 0 Å². The maximum absolute atomic E-state index is 14.9. The third-order valence-electron chi connectivity index (χ3n) is 11.4. The molecule has 1 aliphatic rings. The zero-order valence-corrected chi connectivity index (χ0v) is 35.0. The molecule has 4 atom stereocenters. The van der Waals surface area contributed by atoms with Gasteiger partial charge in [0.05, 0.1) is 12.9 Å². The highest BCUT2D eigenvalue weighted by Gasteiger charge is 2.58. The van der Waals surface area contributed by atoms with E-state index in [1.165, 1.54) is 0 Å². The fourth-order valence-electron chi connectivity index (χ4n) is 8.51. The number of aromatic nitrogens is 4. The highest BCUT2D eigenvalue weighted by molar-refractivity contribution is 7.87. The monoisotopic (exact) mass is 901 g/mol. The predicted molar refractivity (Wildman–Crippen MR) is 233 cm³/mol. The number of hydrogen-bond acceptors (Lipinski definition) is 10. The summed E-state index contributed by atoms with van der Waals surface area (Å²) in [6.45, 7) is -0.460. The number of ether oxygens (including phenoxy) is 3. The average molecular weight is 902 g/mol. The van der Waals surface area contributed by atoms with Crippen LogP contribution in [0.4, 0.5) is 23.4 Å². The van der Waals surface area contributed by atoms with E-state index >= 15 is 0 Å². The van der Waals surface area contributed by atoms with Crippen LogP contribution in [0.3, 0.4) is 0 Å². The number of rotatable bonds is 14. The van der Waals surface area contributed by atoms with Gasteiger partial charge in [-0.2, -0.15) is 35.9 Å². The molecule has 2 N–H and O–H groups in total. The number of imidazole rings is 1. The lowest BCUT2D eigenvalue weighted by Gasteiger charge is -2.41. The van der Waals surface area contributed by atoms with Gasteiger partial charge in [-0.25, -0.2) is 4.98 Å². The van der Waals surface area contributed by atoms with Crippen molar-refractivity contribution in [1.82, 2.24) is 19.5 Å². The standard InChI is InChI=1S/C49H39F4N5O6S/c50-46-56-43(54)40-44(57-46)58(32-55-40)45-42(64-65(59,60)49(51,52)53)41(63-48(36-25-13-4-14-26-36,37-27-15-5-16-28-37)38-29-17-6-18-30-38)39(62-45)31-61-47(33-19-7-1-8-20-33,34-21-9-2-10-22-34)35-23-11-3-12-24-35/h1-30,32,39,41-42,45H,31H2,(H2,54,56,57)/t39-,41-,42-,45-/m1/s1. The van der Waals surface area contributed by atoms with Crippen molar-refractivity contribution in [2.45, 2.75) is 41.3 Å². The highest BCUT2D eigenvalue weighted by atomic mass is 32.2. The van der Waals surface area contributed by atoms with Gasteiger partial charge in [-0.15, -0.1) is 0 Å². The first kappa shape index (κ1) is 43.4. The van der Waals surface area contributed by atoms with E-state index in [0.29, 0.717) is 33.4 Å². The second-order valence-electron chi connectivity index (χ2n) is 15.2. The number of halogens is 4. The molecular formula is C49H39F4N5O6S. The smallest absolute Gasteiger partial charge is 0.382 e. The largest absolute Gasteiger partial charge is 0.523 e. The fraction of sp³-hybridized carbons (Fsp3) is 0.163. The fourth-order valence-corrected chi connectivity index (χ4v) is 9.12. The highest BCUT2D eigenvalue weighted by Crippen LogP contribution is 2.48. The Morgan fingerprint density at radius 3 is 1.40 bits per heavy atom. The minimum absolute atomic E-state index is 0.131. The van der Waals surface area contributed by atoms with Gasteiger partial charge >= 0.3 is 21.7 Å². The van der Waals surface area contributed by atoms with Gasteiger partial charge in [0.25, 0.3) is 0 Å². The second kappa shape index (κ2) is 17.6. The normalized spacial score (nSPS) is 18.2. The van der Waals surface area contributed by atoms with Crippen LogP contribution in [0, 0.1) is 6.08 Å². The van der Waals surface area contributed by atoms with E-state index in [1.807, 2.05) is 91.0 Å². The van der Waals surface area contributed by atoms with Crippen LogP contribution >= 0.6 is 0 Å². The topological polar surface area (TPSA) is 141 Å². The van der Waals surface area contributed by atoms with Crippen molar-refractivity contribution in [3.05, 3.63) is 228 Å². The van der Waals surface area contributed by atoms with Gasteiger partial charge in [-0.05, 0) is 33.4 Å². The summed E-state index contributed by atoms with van der Waals surface area (Å²) in [6, 6.07) is 54.8. The molecule has 16 heteroatoms. The summed E-state index contributed by atoms with van der Waals surface area (Å²) in [6.07, 6.45) is -7.43. The zero-order valence-electron chi connectivity index (χ0n) is 34.2. The molecule has 8 aromatic rings. The van der Waals surface area contributed by atoms with Crippen LogP contribution in [0.25, 0.3) is 11.2 Å². The van der Waals surface area contributed by atoms with Gasteiger partial charge in [-0.3, -0.25) is 8.75 Å². The number of hydrogen-bond donors (Lipinski definition) is 1. The average Bonchev–Trinajstić information content (AvgIpc) is 3.90. The molecule has 6 aromatic carbocycles. The van der Waals surface area contributed by atoms with Gasteiger partial charge in [0.1, 0.15) is 23.4 Å². The quantitative estimate of drug-likeness (QED) is 0.0370. The Balaban J connectivity index is 1.29. The van der Waals surface area contributed by atoms with Crippen LogP contribution in [-0.4, -0.2) is 58.4 Å². The number of nitrogens with two attached hydrogens (primary N) is 1. The summed E-state index contributed by atoms with van der Waals surface area (Å²) >= 11 is 0. The van der Waals surface area contributed by atoms with Crippen LogP contribution in [0.15, 0.2) is 188 Å². The van der Waals surface area contributed by atoms with Gasteiger partial charge in [-0.1, -0.05) is 182 Å². The molecule has 3 heterocycles. The molecule has 0 unspecified atom stereocenters. The van der Waals surface area contributed by atoms with Crippen molar-refractivity contribution < 1.29 is 44.4 Å². The molecule has 65 heavy (non-hydrogen) atoms. The Bertz CT molecular complexity index is 2780. The lowest BCUT2D eigenvalue weighted by atomic mass is 9.79. The molecule has 9 rings (SSSR count). The molecule has 1 saturated heterocycles. The zero-order chi connectivity index (χ0) is 45.2. The Morgan fingerprint density at radius 1 is 0.600 bits per heavy atom. The lowest BCUT2D eigenvalue weighted by molar-refractivity contribution is -0.131. The van der Waals surface area contributed by atoms with Crippen molar-refractivity contribution >= 4 is 27.1 Å². The SMILES string of the molecule is Nc1nc(F)nc2c1ncn2[C@@H]1O[C@H](COC(c2ccccc2)(c2ccccc2)c2ccccc2)[C@@H](OC(c2ccccc2)(c2ccccc2)c2ccccc2)[C@H]1OS(=O)(=O)C(F)(F)F. The van der Waals surface area contributed by atoms with Gasteiger partial charge < -0.3 is 19.9 Å². The first-order valence-corrected chi connectivity index (χ1v) is 21.8. The van der Waals surface area contributed by atoms with E-state index < -0.39 is 64.1 Å². The van der Waals surface area contributed by atoms with E-state index in [-0.39, 0.29) is 17.0 Å². The number of nitrogen functional groups attached to an aromatic ring is 1. The van der Waals surface area contributed by atoms with Crippen molar-refractivity contribution in [2.24, 2.45) is 0 Å². The molecule has 11 nitrogen and oxygen atoms in total. The Morgan fingerprint density at radius 2 is 1.00 bits per heavy atom. The summed E-state index contributed by atoms with van der Waals surface area (Å²) in [5.41, 5.74) is 0.253. The summed E-state index contributed by atoms with van der Waals surface area (Å²) in [4.78, 5) is 11.6. The summed E-state index contributed by atoms with van der Waals surface area (Å²) in [7, 11) is -6.42. The number of benzene rings is 6. The molecule has 0 aliphatic carbocycles. The van der Waals surface area contributed by atoms with Gasteiger partial charge in [0.2, 0.25) is 0 Å². The van der Waals surface area contributed by atoms with Crippen molar-refractivity contribution in [2.75, 3.05) is 12.3 Å². The Hall–Kier alpha value is -6.82. The first-order valence-electron chi connectivity index (χ1n) is 20.4. The van der Waals surface area contributed by atoms with E-state index in [9.17, 15) is 26.0 Å². The molecule has 0 saturated carbocycles. The number of fused-ring (bicyclic) bond motifs is 1. The Labute approximate surface area is 371 Å². The molecule has 0 amide bonds. The number of alkyl halides is 3. The van der Waals surface area contributed by atoms with E-state index in [2.05, 4.69) is 15.0 Å². The van der Waals surface area contributed by atoms with Crippen LogP contribution in [0.1, 0.15) is 39.6 Å². The number of nitrogens with zero attached hydrogens (tertiary/aromatic N) is 4. The molecule has 1 fully saturated rings. The molecule has 2 aromatic heterocycles. The van der Waals surface area contributed by atoms with E-state index in [1.54, 1.807) is 91.0 Å². The predicted octanol–water partition coefficient (Wildman–Crippen LogP) is 9.07.